The number of hydrogen-bond donors (Lipinski definition) is 1. The average molecular weight is 256 g/mol. The summed E-state index contributed by atoms with van der Waals surface area (Å²) in [6.07, 6.45) is 1.48. The van der Waals surface area contributed by atoms with E-state index in [0.29, 0.717) is 17.6 Å². The van der Waals surface area contributed by atoms with E-state index >= 15 is 0 Å². The lowest BCUT2D eigenvalue weighted by Crippen LogP contribution is -2.32. The molecule has 1 aromatic carbocycles. The normalized spacial score (nSPS) is 11.0. The molecule has 6 heteroatoms. The van der Waals surface area contributed by atoms with Gasteiger partial charge in [0, 0.05) is 7.05 Å². The number of fused-ring (bicyclic) bond motifs is 1. The Balaban J connectivity index is 2.17. The number of nitrogens with one attached hydrogen (secondary N) is 1. The molecular formula is C13H12N4O2. The Hall–Kier alpha value is -2.63. The van der Waals surface area contributed by atoms with E-state index in [-0.39, 0.29) is 5.56 Å². The Kier molecular flexibility index (Phi) is 2.56. The molecule has 0 radical (unpaired) electrons. The van der Waals surface area contributed by atoms with Crippen molar-refractivity contribution in [3.8, 4) is 0 Å². The Labute approximate surface area is 107 Å². The monoisotopic (exact) mass is 256 g/mol. The minimum Gasteiger partial charge on any atom is -0.291 e. The Morgan fingerprint density at radius 1 is 1.21 bits per heavy atom. The van der Waals surface area contributed by atoms with E-state index in [0.717, 1.165) is 10.1 Å². The molecule has 0 unspecified atom stereocenters. The predicted molar refractivity (Wildman–Crippen MR) is 71.1 cm³/mol. The number of hydrogen-bond acceptors (Lipinski definition) is 3. The molecule has 0 aliphatic rings. The molecule has 0 aliphatic heterocycles. The summed E-state index contributed by atoms with van der Waals surface area (Å²) in [5, 5.41) is 4.58. The summed E-state index contributed by atoms with van der Waals surface area (Å²) < 4.78 is 2.66. The van der Waals surface area contributed by atoms with Gasteiger partial charge in [0.15, 0.2) is 0 Å². The molecule has 0 saturated carbocycles. The van der Waals surface area contributed by atoms with E-state index in [9.17, 15) is 9.59 Å². The smallest absolute Gasteiger partial charge is 0.291 e. The number of nitrogens with zero attached hydrogens (tertiary/aromatic N) is 3. The average Bonchev–Trinajstić information content (AvgIpc) is 2.81. The second-order valence-corrected chi connectivity index (χ2v) is 4.34. The zero-order valence-electron chi connectivity index (χ0n) is 10.3. The van der Waals surface area contributed by atoms with E-state index in [1.807, 2.05) is 30.3 Å². The summed E-state index contributed by atoms with van der Waals surface area (Å²) in [4.78, 5) is 26.2. The van der Waals surface area contributed by atoms with Crippen molar-refractivity contribution < 1.29 is 0 Å². The minimum atomic E-state index is -0.438. The van der Waals surface area contributed by atoms with Gasteiger partial charge in [-0.05, 0) is 5.56 Å². The van der Waals surface area contributed by atoms with Gasteiger partial charge in [0.05, 0.1) is 12.7 Å². The van der Waals surface area contributed by atoms with Gasteiger partial charge in [0.2, 0.25) is 0 Å². The van der Waals surface area contributed by atoms with Crippen LogP contribution in [0.1, 0.15) is 5.56 Å². The lowest BCUT2D eigenvalue weighted by Gasteiger charge is -2.03. The number of rotatable bonds is 2. The first kappa shape index (κ1) is 11.5. The summed E-state index contributed by atoms with van der Waals surface area (Å²) in [6.45, 7) is 0.507. The molecule has 1 N–H and O–H groups in total. The van der Waals surface area contributed by atoms with Crippen molar-refractivity contribution in [1.82, 2.24) is 19.3 Å². The molecule has 3 aromatic rings. The first-order valence-electron chi connectivity index (χ1n) is 5.85. The third kappa shape index (κ3) is 1.87. The van der Waals surface area contributed by atoms with Gasteiger partial charge in [0.25, 0.3) is 5.56 Å². The predicted octanol–water partition coefficient (Wildman–Crippen LogP) is 0.472. The standard InChI is InChI=1S/C13H12N4O2/c1-16-12(18)10-7-14-17(11(10)15-13(16)19)8-9-5-3-2-4-6-9/h2-7H,8H2,1H3,(H,15,19). The molecular weight excluding hydrogens is 244 g/mol. The van der Waals surface area contributed by atoms with Gasteiger partial charge in [-0.3, -0.25) is 14.3 Å². The number of H-pyrrole nitrogens is 1. The van der Waals surface area contributed by atoms with Crippen molar-refractivity contribution in [2.24, 2.45) is 7.05 Å². The highest BCUT2D eigenvalue weighted by Crippen LogP contribution is 2.07. The zero-order valence-corrected chi connectivity index (χ0v) is 10.3. The summed E-state index contributed by atoms with van der Waals surface area (Å²) >= 11 is 0. The number of aromatic amines is 1. The Morgan fingerprint density at radius 3 is 2.68 bits per heavy atom. The van der Waals surface area contributed by atoms with Crippen LogP contribution in [0.3, 0.4) is 0 Å². The number of benzene rings is 1. The van der Waals surface area contributed by atoms with Crippen molar-refractivity contribution >= 4 is 11.0 Å². The molecule has 0 atom stereocenters. The fourth-order valence-corrected chi connectivity index (χ4v) is 2.01. The van der Waals surface area contributed by atoms with Crippen LogP contribution in [0.15, 0.2) is 46.1 Å². The molecule has 19 heavy (non-hydrogen) atoms. The third-order valence-electron chi connectivity index (χ3n) is 3.08. The fourth-order valence-electron chi connectivity index (χ4n) is 2.01. The van der Waals surface area contributed by atoms with Crippen LogP contribution in [0.25, 0.3) is 11.0 Å². The number of aromatic nitrogens is 4. The van der Waals surface area contributed by atoms with Gasteiger partial charge in [0.1, 0.15) is 11.0 Å². The van der Waals surface area contributed by atoms with Gasteiger partial charge < -0.3 is 0 Å². The molecule has 2 heterocycles. The van der Waals surface area contributed by atoms with Crippen LogP contribution >= 0.6 is 0 Å². The molecule has 6 nitrogen and oxygen atoms in total. The molecule has 0 bridgehead atoms. The maximum atomic E-state index is 11.9. The van der Waals surface area contributed by atoms with Crippen LogP contribution in [0.2, 0.25) is 0 Å². The molecule has 0 fully saturated rings. The highest BCUT2D eigenvalue weighted by molar-refractivity contribution is 5.72. The molecule has 0 saturated heterocycles. The zero-order chi connectivity index (χ0) is 13.4. The summed E-state index contributed by atoms with van der Waals surface area (Å²) in [5.74, 6) is 0. The largest absolute Gasteiger partial charge is 0.329 e. The van der Waals surface area contributed by atoms with Crippen molar-refractivity contribution in [1.29, 1.82) is 0 Å². The molecule has 3 rings (SSSR count). The second-order valence-electron chi connectivity index (χ2n) is 4.34. The lowest BCUT2D eigenvalue weighted by molar-refractivity contribution is 0.696. The van der Waals surface area contributed by atoms with Crippen molar-refractivity contribution in [3.05, 3.63) is 62.9 Å². The van der Waals surface area contributed by atoms with Crippen LogP contribution in [0.5, 0.6) is 0 Å². The summed E-state index contributed by atoms with van der Waals surface area (Å²) in [7, 11) is 1.44. The van der Waals surface area contributed by atoms with Crippen LogP contribution in [-0.2, 0) is 13.6 Å². The quantitative estimate of drug-likeness (QED) is 0.724. The van der Waals surface area contributed by atoms with Crippen LogP contribution in [-0.4, -0.2) is 19.3 Å². The van der Waals surface area contributed by atoms with Gasteiger partial charge >= 0.3 is 5.69 Å². The topological polar surface area (TPSA) is 72.7 Å². The summed E-state index contributed by atoms with van der Waals surface area (Å²) in [5.41, 5.74) is 0.733. The van der Waals surface area contributed by atoms with E-state index in [1.54, 1.807) is 4.68 Å². The van der Waals surface area contributed by atoms with E-state index in [1.165, 1.54) is 13.2 Å². The molecule has 0 aliphatic carbocycles. The van der Waals surface area contributed by atoms with Crippen molar-refractivity contribution in [2.75, 3.05) is 0 Å². The van der Waals surface area contributed by atoms with Crippen molar-refractivity contribution in [3.63, 3.8) is 0 Å². The van der Waals surface area contributed by atoms with Crippen LogP contribution in [0, 0.1) is 0 Å². The van der Waals surface area contributed by atoms with E-state index in [4.69, 9.17) is 0 Å². The lowest BCUT2D eigenvalue weighted by atomic mass is 10.2. The van der Waals surface area contributed by atoms with Gasteiger partial charge in [-0.1, -0.05) is 30.3 Å². The first-order chi connectivity index (χ1) is 9.16. The van der Waals surface area contributed by atoms with E-state index < -0.39 is 5.69 Å². The van der Waals surface area contributed by atoms with Crippen LogP contribution < -0.4 is 11.2 Å². The summed E-state index contributed by atoms with van der Waals surface area (Å²) in [6, 6.07) is 9.73. The Bertz CT molecular complexity index is 842. The second kappa shape index (κ2) is 4.24. The maximum absolute atomic E-state index is 11.9. The first-order valence-corrected chi connectivity index (χ1v) is 5.85. The fraction of sp³-hybridized carbons (Fsp3) is 0.154. The Morgan fingerprint density at radius 2 is 1.95 bits per heavy atom. The minimum absolute atomic E-state index is 0.335. The van der Waals surface area contributed by atoms with Crippen LogP contribution in [0.4, 0.5) is 0 Å². The van der Waals surface area contributed by atoms with Gasteiger partial charge in [-0.2, -0.15) is 5.10 Å². The highest BCUT2D eigenvalue weighted by atomic mass is 16.2. The SMILES string of the molecule is Cn1c(=O)[nH]c2c(cnn2Cc2ccccc2)c1=O. The highest BCUT2D eigenvalue weighted by Gasteiger charge is 2.10. The van der Waals surface area contributed by atoms with Crippen molar-refractivity contribution in [2.45, 2.75) is 6.54 Å². The molecule has 0 amide bonds. The molecule has 0 spiro atoms. The van der Waals surface area contributed by atoms with E-state index in [2.05, 4.69) is 10.1 Å². The maximum Gasteiger partial charge on any atom is 0.329 e. The van der Waals surface area contributed by atoms with Gasteiger partial charge in [-0.25, -0.2) is 9.48 Å². The molecule has 96 valence electrons. The molecule has 2 aromatic heterocycles. The third-order valence-corrected chi connectivity index (χ3v) is 3.08. The van der Waals surface area contributed by atoms with Gasteiger partial charge in [-0.15, -0.1) is 0 Å².